The molecule has 0 heterocycles. The van der Waals surface area contributed by atoms with Crippen LogP contribution in [0.5, 0.6) is 0 Å². The molecule has 0 saturated heterocycles. The Labute approximate surface area is 96.8 Å². The Morgan fingerprint density at radius 3 is 2.20 bits per heavy atom. The minimum absolute atomic E-state index is 0.0790. The third-order valence-corrected chi connectivity index (χ3v) is 5.14. The number of hydrogen-bond donors (Lipinski definition) is 1. The molecule has 0 bridgehead atoms. The minimum Gasteiger partial charge on any atom is -0.376 e. The van der Waals surface area contributed by atoms with Crippen molar-refractivity contribution in [2.24, 2.45) is 0 Å². The highest BCUT2D eigenvalue weighted by Crippen LogP contribution is 2.58. The summed E-state index contributed by atoms with van der Waals surface area (Å²) in [6, 6.07) is 0. The molecule has 2 atom stereocenters. The summed E-state index contributed by atoms with van der Waals surface area (Å²) in [6.07, 6.45) is -0.0790. The fourth-order valence-corrected chi connectivity index (χ4v) is 5.09. The highest BCUT2D eigenvalue weighted by molar-refractivity contribution is 8.56. The fraction of sp³-hybridized carbons (Fsp3) is 1.00. The Morgan fingerprint density at radius 1 is 1.40 bits per heavy atom. The number of rotatable bonds is 6. The van der Waals surface area contributed by atoms with Crippen molar-refractivity contribution in [2.75, 3.05) is 34.4 Å². The van der Waals surface area contributed by atoms with Crippen molar-refractivity contribution in [3.05, 3.63) is 0 Å². The van der Waals surface area contributed by atoms with Gasteiger partial charge < -0.3 is 14.1 Å². The van der Waals surface area contributed by atoms with Crippen LogP contribution in [0.3, 0.4) is 0 Å². The van der Waals surface area contributed by atoms with Crippen LogP contribution in [0, 0.1) is 0 Å². The second kappa shape index (κ2) is 5.69. The van der Waals surface area contributed by atoms with Crippen molar-refractivity contribution < 1.29 is 18.7 Å². The molecule has 0 aliphatic carbocycles. The summed E-state index contributed by atoms with van der Waals surface area (Å²) in [5.74, 6) is 0. The number of likely N-dealkylation sites (N-methyl/N-ethyl adjacent to an activating group) is 1. The maximum absolute atomic E-state index is 11.9. The highest BCUT2D eigenvalue weighted by atomic mass is 32.7. The number of aliphatic hydroxyl groups is 1. The van der Waals surface area contributed by atoms with Gasteiger partial charge in [-0.3, -0.25) is 4.57 Å². The van der Waals surface area contributed by atoms with Crippen molar-refractivity contribution in [3.63, 3.8) is 0 Å². The zero-order chi connectivity index (χ0) is 12.3. The van der Waals surface area contributed by atoms with E-state index in [9.17, 15) is 9.67 Å². The molecule has 0 aromatic carbocycles. The van der Waals surface area contributed by atoms with Crippen LogP contribution in [0.1, 0.15) is 13.8 Å². The van der Waals surface area contributed by atoms with Gasteiger partial charge in [0, 0.05) is 6.66 Å². The van der Waals surface area contributed by atoms with Gasteiger partial charge in [-0.05, 0) is 25.2 Å². The standard InChI is InChI=1S/C9H23NO3PS/c1-8(2)13-14(6,12)15-9(11)7-10(3,4)5/h8-9,11H,7H2,1-6H3/q+1. The van der Waals surface area contributed by atoms with E-state index < -0.39 is 12.0 Å². The molecule has 0 amide bonds. The molecule has 0 fully saturated rings. The van der Waals surface area contributed by atoms with Crippen molar-refractivity contribution in [2.45, 2.75) is 25.4 Å². The van der Waals surface area contributed by atoms with Gasteiger partial charge in [0.2, 0.25) is 0 Å². The van der Waals surface area contributed by atoms with E-state index >= 15 is 0 Å². The SMILES string of the molecule is CC(C)OP(C)(=O)SC(O)C[N+](C)(C)C. The molecule has 1 N–H and O–H groups in total. The molecule has 0 aliphatic rings. The molecule has 0 rings (SSSR count). The van der Waals surface area contributed by atoms with Gasteiger partial charge in [-0.15, -0.1) is 0 Å². The first kappa shape index (κ1) is 15.5. The smallest absolute Gasteiger partial charge is 0.257 e. The normalized spacial score (nSPS) is 18.9. The van der Waals surface area contributed by atoms with E-state index in [4.69, 9.17) is 4.52 Å². The highest BCUT2D eigenvalue weighted by Gasteiger charge is 2.26. The molecule has 6 heteroatoms. The van der Waals surface area contributed by atoms with Crippen molar-refractivity contribution in [1.82, 2.24) is 0 Å². The molecule has 0 saturated carbocycles. The molecule has 0 radical (unpaired) electrons. The van der Waals surface area contributed by atoms with Gasteiger partial charge in [-0.25, -0.2) is 0 Å². The summed E-state index contributed by atoms with van der Waals surface area (Å²) in [5, 5.41) is 9.73. The molecule has 4 nitrogen and oxygen atoms in total. The van der Waals surface area contributed by atoms with E-state index in [1.807, 2.05) is 35.0 Å². The van der Waals surface area contributed by atoms with E-state index in [0.717, 1.165) is 11.4 Å². The maximum Gasteiger partial charge on any atom is 0.257 e. The molecular formula is C9H23NO3PS+. The van der Waals surface area contributed by atoms with E-state index in [-0.39, 0.29) is 6.10 Å². The van der Waals surface area contributed by atoms with Gasteiger partial charge in [-0.2, -0.15) is 0 Å². The van der Waals surface area contributed by atoms with Crippen molar-refractivity contribution in [1.29, 1.82) is 0 Å². The van der Waals surface area contributed by atoms with Gasteiger partial charge in [0.05, 0.1) is 27.2 Å². The molecule has 2 unspecified atom stereocenters. The lowest BCUT2D eigenvalue weighted by molar-refractivity contribution is -0.871. The second-order valence-corrected chi connectivity index (χ2v) is 10.1. The lowest BCUT2D eigenvalue weighted by Gasteiger charge is -2.27. The topological polar surface area (TPSA) is 46.5 Å². The first-order valence-corrected chi connectivity index (χ1v) is 8.50. The van der Waals surface area contributed by atoms with Gasteiger partial charge in [0.25, 0.3) is 6.57 Å². The van der Waals surface area contributed by atoms with Gasteiger partial charge in [0.15, 0.2) is 5.44 Å². The molecule has 0 spiro atoms. The molecule has 0 aliphatic heterocycles. The van der Waals surface area contributed by atoms with Crippen LogP contribution in [-0.2, 0) is 9.09 Å². The second-order valence-electron chi connectivity index (χ2n) is 4.96. The first-order chi connectivity index (χ1) is 6.52. The Morgan fingerprint density at radius 2 is 1.87 bits per heavy atom. The van der Waals surface area contributed by atoms with Crippen LogP contribution in [0.25, 0.3) is 0 Å². The van der Waals surface area contributed by atoms with Gasteiger partial charge in [-0.1, -0.05) is 0 Å². The van der Waals surface area contributed by atoms with E-state index in [1.165, 1.54) is 0 Å². The number of nitrogens with zero attached hydrogens (tertiary/aromatic N) is 1. The first-order valence-electron chi connectivity index (χ1n) is 4.95. The average Bonchev–Trinajstić information content (AvgIpc) is 1.73. The van der Waals surface area contributed by atoms with Crippen LogP contribution >= 0.6 is 18.0 Å². The zero-order valence-electron chi connectivity index (χ0n) is 10.4. The third kappa shape index (κ3) is 9.39. The Bertz CT molecular complexity index is 240. The summed E-state index contributed by atoms with van der Waals surface area (Å²) in [5.41, 5.74) is -0.653. The van der Waals surface area contributed by atoms with E-state index in [0.29, 0.717) is 11.0 Å². The zero-order valence-corrected chi connectivity index (χ0v) is 12.1. The quantitative estimate of drug-likeness (QED) is 0.448. The van der Waals surface area contributed by atoms with E-state index in [1.54, 1.807) is 6.66 Å². The number of hydrogen-bond acceptors (Lipinski definition) is 4. The summed E-state index contributed by atoms with van der Waals surface area (Å²) in [7, 11) is 5.94. The minimum atomic E-state index is -2.73. The van der Waals surface area contributed by atoms with Crippen molar-refractivity contribution >= 4 is 18.0 Å². The van der Waals surface area contributed by atoms with Crippen LogP contribution in [0.2, 0.25) is 0 Å². The monoisotopic (exact) mass is 256 g/mol. The lowest BCUT2D eigenvalue weighted by Crippen LogP contribution is -2.40. The predicted octanol–water partition coefficient (Wildman–Crippen LogP) is 1.99. The van der Waals surface area contributed by atoms with Gasteiger partial charge >= 0.3 is 0 Å². The molecule has 0 aromatic heterocycles. The molecule has 0 aromatic rings. The Balaban J connectivity index is 4.16. The third-order valence-electron chi connectivity index (χ3n) is 1.42. The van der Waals surface area contributed by atoms with E-state index in [2.05, 4.69) is 0 Å². The summed E-state index contributed by atoms with van der Waals surface area (Å²) in [6.45, 7) is 3.04. The molecular weight excluding hydrogens is 233 g/mol. The summed E-state index contributed by atoms with van der Waals surface area (Å²) in [4.78, 5) is 0. The summed E-state index contributed by atoms with van der Waals surface area (Å²) < 4.78 is 17.8. The molecule has 15 heavy (non-hydrogen) atoms. The van der Waals surface area contributed by atoms with Gasteiger partial charge in [0.1, 0.15) is 6.54 Å². The molecule has 92 valence electrons. The van der Waals surface area contributed by atoms with Crippen LogP contribution in [-0.4, -0.2) is 55.5 Å². The fourth-order valence-electron chi connectivity index (χ4n) is 1.13. The average molecular weight is 256 g/mol. The number of quaternary nitrogens is 1. The lowest BCUT2D eigenvalue weighted by atomic mass is 10.5. The maximum atomic E-state index is 11.9. The Hall–Kier alpha value is 0.460. The van der Waals surface area contributed by atoms with Crippen LogP contribution < -0.4 is 0 Å². The summed E-state index contributed by atoms with van der Waals surface area (Å²) >= 11 is 1.03. The van der Waals surface area contributed by atoms with Crippen LogP contribution in [0.4, 0.5) is 0 Å². The van der Waals surface area contributed by atoms with Crippen LogP contribution in [0.15, 0.2) is 0 Å². The largest absolute Gasteiger partial charge is 0.376 e. The predicted molar refractivity (Wildman–Crippen MR) is 66.2 cm³/mol. The Kier molecular flexibility index (Phi) is 5.86. The number of aliphatic hydroxyl groups excluding tert-OH is 1. The van der Waals surface area contributed by atoms with Crippen molar-refractivity contribution in [3.8, 4) is 0 Å².